The minimum absolute atomic E-state index is 0.112. The van der Waals surface area contributed by atoms with E-state index in [1.54, 1.807) is 0 Å². The highest BCUT2D eigenvalue weighted by atomic mass is 16.5. The number of nitrogens with zero attached hydrogens (tertiary/aromatic N) is 3. The minimum Gasteiger partial charge on any atom is -0.394 e. The summed E-state index contributed by atoms with van der Waals surface area (Å²) in [7, 11) is 1.48. The molecule has 1 aromatic heterocycles. The molecule has 1 aliphatic heterocycles. The molecule has 3 atom stereocenters. The molecule has 110 valence electrons. The summed E-state index contributed by atoms with van der Waals surface area (Å²) in [6.45, 7) is 3.07. The first-order valence-corrected chi connectivity index (χ1v) is 6.01. The summed E-state index contributed by atoms with van der Waals surface area (Å²) >= 11 is 0. The van der Waals surface area contributed by atoms with Crippen LogP contribution in [0.25, 0.3) is 0 Å². The van der Waals surface area contributed by atoms with Gasteiger partial charge in [-0.05, 0) is 6.72 Å². The molecule has 0 spiro atoms. The number of aliphatic imine (C=N–C) groups is 2. The maximum Gasteiger partial charge on any atom is 0.329 e. The van der Waals surface area contributed by atoms with E-state index in [2.05, 4.69) is 21.7 Å². The zero-order chi connectivity index (χ0) is 14.9. The molecule has 1 aromatic rings. The number of rotatable bonds is 4. The first kappa shape index (κ1) is 14.4. The lowest BCUT2D eigenvalue weighted by Crippen LogP contribution is -2.25. The molecule has 1 aliphatic rings. The van der Waals surface area contributed by atoms with E-state index in [9.17, 15) is 9.90 Å². The number of ether oxygens (including phenoxy) is 1. The highest BCUT2D eigenvalue weighted by molar-refractivity contribution is 5.99. The van der Waals surface area contributed by atoms with Crippen molar-refractivity contribution in [3.63, 3.8) is 0 Å². The Morgan fingerprint density at radius 3 is 2.90 bits per heavy atom. The van der Waals surface area contributed by atoms with Crippen LogP contribution in [0.1, 0.15) is 18.3 Å². The monoisotopic (exact) mass is 283 g/mol. The number of hydrogen-bond acceptors (Lipinski definition) is 6. The third-order valence-electron chi connectivity index (χ3n) is 3.22. The molecule has 0 aromatic carbocycles. The number of aliphatic hydroxyl groups is 2. The van der Waals surface area contributed by atoms with E-state index < -0.39 is 24.1 Å². The van der Waals surface area contributed by atoms with Crippen molar-refractivity contribution in [1.82, 2.24) is 9.55 Å². The predicted octanol–water partition coefficient (Wildman–Crippen LogP) is -1.52. The summed E-state index contributed by atoms with van der Waals surface area (Å²) in [4.78, 5) is 22.1. The lowest BCUT2D eigenvalue weighted by atomic mass is 10.2. The number of H-pyrrole nitrogens is 1. The molecule has 9 nitrogen and oxygen atoms in total. The van der Waals surface area contributed by atoms with Gasteiger partial charge >= 0.3 is 5.69 Å². The lowest BCUT2D eigenvalue weighted by molar-refractivity contribution is -0.0447. The first-order valence-electron chi connectivity index (χ1n) is 6.01. The molecule has 1 fully saturated rings. The van der Waals surface area contributed by atoms with Crippen molar-refractivity contribution in [3.8, 4) is 0 Å². The maximum atomic E-state index is 12.0. The minimum atomic E-state index is -0.856. The number of aromatic amines is 1. The van der Waals surface area contributed by atoms with Crippen molar-refractivity contribution in [2.75, 3.05) is 13.7 Å². The van der Waals surface area contributed by atoms with Crippen LogP contribution in [0.3, 0.4) is 0 Å². The number of aliphatic hydroxyl groups excluding tert-OH is 2. The number of nitrogens with one attached hydrogen (secondary N) is 1. The van der Waals surface area contributed by atoms with Crippen LogP contribution in [0.15, 0.2) is 14.8 Å². The van der Waals surface area contributed by atoms with Crippen LogP contribution in [-0.4, -0.2) is 58.2 Å². The van der Waals surface area contributed by atoms with E-state index in [-0.39, 0.29) is 30.4 Å². The van der Waals surface area contributed by atoms with Gasteiger partial charge in [-0.2, -0.15) is 0 Å². The summed E-state index contributed by atoms with van der Waals surface area (Å²) in [5.41, 5.74) is 5.43. The summed E-state index contributed by atoms with van der Waals surface area (Å²) in [5.74, 6) is 0.300. The topological polar surface area (TPSA) is 138 Å². The fourth-order valence-corrected chi connectivity index (χ4v) is 2.19. The van der Waals surface area contributed by atoms with Crippen molar-refractivity contribution < 1.29 is 14.9 Å². The van der Waals surface area contributed by atoms with Gasteiger partial charge in [0.25, 0.3) is 0 Å². The Kier molecular flexibility index (Phi) is 4.02. The van der Waals surface area contributed by atoms with Gasteiger partial charge in [0.1, 0.15) is 23.9 Å². The number of amidine groups is 1. The van der Waals surface area contributed by atoms with Gasteiger partial charge in [0.05, 0.1) is 12.7 Å². The van der Waals surface area contributed by atoms with E-state index >= 15 is 0 Å². The second-order valence-electron chi connectivity index (χ2n) is 4.38. The number of aromatic nitrogens is 2. The molecule has 0 radical (unpaired) electrons. The Balaban J connectivity index is 2.45. The number of hydrogen-bond donors (Lipinski definition) is 4. The average Bonchev–Trinajstić information content (AvgIpc) is 2.97. The average molecular weight is 283 g/mol. The van der Waals surface area contributed by atoms with Crippen LogP contribution in [0, 0.1) is 0 Å². The van der Waals surface area contributed by atoms with Crippen LogP contribution in [-0.2, 0) is 4.74 Å². The van der Waals surface area contributed by atoms with Crippen LogP contribution in [0.4, 0.5) is 5.82 Å². The van der Waals surface area contributed by atoms with Gasteiger partial charge in [-0.1, -0.05) is 0 Å². The standard InChI is InChI=1S/C11H17N5O4/c1-13-9(12)8-10(14-2)16(11(19)15-8)7-3-5(18)6(4-17)20-7/h5-7,17-18H,2-4H2,1H3,(H2,12,13)(H,15,19)/t5-,6?,7-/m1/s1. The molecule has 0 aliphatic carbocycles. The largest absolute Gasteiger partial charge is 0.394 e. The Labute approximate surface area is 114 Å². The van der Waals surface area contributed by atoms with Crippen LogP contribution in [0.2, 0.25) is 0 Å². The van der Waals surface area contributed by atoms with Gasteiger partial charge in [-0.3, -0.25) is 4.99 Å². The lowest BCUT2D eigenvalue weighted by Gasteiger charge is -2.13. The molecule has 0 saturated carbocycles. The summed E-state index contributed by atoms with van der Waals surface area (Å²) in [5, 5.41) is 18.8. The molecule has 1 unspecified atom stereocenters. The Morgan fingerprint density at radius 1 is 1.70 bits per heavy atom. The normalized spacial score (nSPS) is 26.9. The van der Waals surface area contributed by atoms with Crippen molar-refractivity contribution in [1.29, 1.82) is 0 Å². The van der Waals surface area contributed by atoms with Crippen molar-refractivity contribution in [2.45, 2.75) is 24.9 Å². The van der Waals surface area contributed by atoms with E-state index in [4.69, 9.17) is 15.6 Å². The van der Waals surface area contributed by atoms with Gasteiger partial charge in [0, 0.05) is 13.5 Å². The quantitative estimate of drug-likeness (QED) is 0.393. The van der Waals surface area contributed by atoms with Crippen LogP contribution in [0.5, 0.6) is 0 Å². The summed E-state index contributed by atoms with van der Waals surface area (Å²) in [6.07, 6.45) is -2.18. The van der Waals surface area contributed by atoms with Crippen molar-refractivity contribution in [3.05, 3.63) is 16.2 Å². The zero-order valence-electron chi connectivity index (χ0n) is 11.0. The third-order valence-corrected chi connectivity index (χ3v) is 3.22. The van der Waals surface area contributed by atoms with E-state index in [1.807, 2.05) is 0 Å². The molecule has 1 saturated heterocycles. The van der Waals surface area contributed by atoms with Gasteiger partial charge in [0.2, 0.25) is 0 Å². The molecule has 0 amide bonds. The highest BCUT2D eigenvalue weighted by Gasteiger charge is 2.37. The molecular formula is C11H17N5O4. The number of imidazole rings is 1. The second kappa shape index (κ2) is 5.57. The SMILES string of the molecule is C=Nc1c(C(N)=NC)[nH]c(=O)n1[C@H]1C[C@@H](O)C(CO)O1. The Morgan fingerprint density at radius 2 is 2.40 bits per heavy atom. The fraction of sp³-hybridized carbons (Fsp3) is 0.545. The van der Waals surface area contributed by atoms with Gasteiger partial charge in [-0.25, -0.2) is 14.4 Å². The predicted molar refractivity (Wildman–Crippen MR) is 72.5 cm³/mol. The third kappa shape index (κ3) is 2.26. The zero-order valence-corrected chi connectivity index (χ0v) is 11.0. The molecule has 2 rings (SSSR count). The van der Waals surface area contributed by atoms with E-state index in [1.165, 1.54) is 11.6 Å². The van der Waals surface area contributed by atoms with Gasteiger partial charge < -0.3 is 25.7 Å². The Bertz CT molecular complexity index is 590. The van der Waals surface area contributed by atoms with Gasteiger partial charge in [0.15, 0.2) is 5.82 Å². The van der Waals surface area contributed by atoms with Gasteiger partial charge in [-0.15, -0.1) is 0 Å². The molecule has 5 N–H and O–H groups in total. The van der Waals surface area contributed by atoms with Crippen molar-refractivity contribution >= 4 is 18.4 Å². The van der Waals surface area contributed by atoms with Crippen LogP contribution < -0.4 is 11.4 Å². The van der Waals surface area contributed by atoms with Crippen LogP contribution >= 0.6 is 0 Å². The second-order valence-corrected chi connectivity index (χ2v) is 4.38. The molecule has 2 heterocycles. The molecule has 9 heteroatoms. The van der Waals surface area contributed by atoms with Crippen molar-refractivity contribution in [2.24, 2.45) is 15.7 Å². The fourth-order valence-electron chi connectivity index (χ4n) is 2.19. The first-order chi connectivity index (χ1) is 9.53. The number of nitrogens with two attached hydrogens (primary N) is 1. The molecule has 20 heavy (non-hydrogen) atoms. The molecule has 0 bridgehead atoms. The smallest absolute Gasteiger partial charge is 0.329 e. The highest BCUT2D eigenvalue weighted by Crippen LogP contribution is 2.31. The Hall–Kier alpha value is -1.97. The maximum absolute atomic E-state index is 12.0. The summed E-state index contributed by atoms with van der Waals surface area (Å²) < 4.78 is 6.64. The molecular weight excluding hydrogens is 266 g/mol. The van der Waals surface area contributed by atoms with E-state index in [0.717, 1.165) is 0 Å². The summed E-state index contributed by atoms with van der Waals surface area (Å²) in [6, 6.07) is 0. The van der Waals surface area contributed by atoms with E-state index in [0.29, 0.717) is 0 Å².